The number of carbonyl (C=O) groups excluding carboxylic acids is 1. The number of rotatable bonds is 4. The minimum absolute atomic E-state index is 0.0425. The number of aromatic nitrogens is 1. The molecule has 1 atom stereocenters. The Morgan fingerprint density at radius 2 is 1.89 bits per heavy atom. The lowest BCUT2D eigenvalue weighted by Crippen LogP contribution is -2.42. The van der Waals surface area contributed by atoms with Crippen LogP contribution in [0, 0.1) is 0 Å². The van der Waals surface area contributed by atoms with Gasteiger partial charge in [0.1, 0.15) is 6.61 Å². The van der Waals surface area contributed by atoms with Gasteiger partial charge in [0.05, 0.1) is 13.0 Å². The summed E-state index contributed by atoms with van der Waals surface area (Å²) in [5.41, 5.74) is 0.983. The molecule has 138 valence electrons. The molecule has 1 N–H and O–H groups in total. The number of nitrogens with one attached hydrogen (secondary N) is 1. The summed E-state index contributed by atoms with van der Waals surface area (Å²) in [6.07, 6.45) is -0.204. The molecule has 3 aromatic rings. The largest absolute Gasteiger partial charge is 0.486 e. The number of aromatic amines is 1. The first-order chi connectivity index (χ1) is 13.1. The third-order valence-corrected chi connectivity index (χ3v) is 4.64. The summed E-state index contributed by atoms with van der Waals surface area (Å²) in [4.78, 5) is 29.2. The van der Waals surface area contributed by atoms with Crippen LogP contribution in [-0.2, 0) is 11.2 Å². The van der Waals surface area contributed by atoms with Gasteiger partial charge in [-0.15, -0.1) is 0 Å². The number of hydrogen-bond acceptors (Lipinski definition) is 4. The van der Waals surface area contributed by atoms with Gasteiger partial charge in [0.25, 0.3) is 5.56 Å². The maximum Gasteiger partial charge on any atom is 0.252 e. The maximum atomic E-state index is 12.6. The summed E-state index contributed by atoms with van der Waals surface area (Å²) in [6.45, 7) is 0.768. The Morgan fingerprint density at radius 3 is 2.74 bits per heavy atom. The molecule has 0 saturated carbocycles. The summed E-state index contributed by atoms with van der Waals surface area (Å²) in [5, 5.41) is 0.906. The molecule has 0 saturated heterocycles. The molecule has 1 aliphatic heterocycles. The van der Waals surface area contributed by atoms with Crippen LogP contribution in [0.15, 0.2) is 59.4 Å². The van der Waals surface area contributed by atoms with Crippen LogP contribution in [0.4, 0.5) is 0 Å². The van der Waals surface area contributed by atoms with Crippen molar-refractivity contribution in [3.8, 4) is 11.5 Å². The Morgan fingerprint density at radius 1 is 1.15 bits per heavy atom. The molecule has 0 spiro atoms. The third-order valence-electron chi connectivity index (χ3n) is 4.64. The number of amides is 1. The molecule has 0 aliphatic carbocycles. The average Bonchev–Trinajstić information content (AvgIpc) is 2.68. The summed E-state index contributed by atoms with van der Waals surface area (Å²) in [6, 6.07) is 16.8. The molecule has 6 heteroatoms. The van der Waals surface area contributed by atoms with Gasteiger partial charge in [-0.05, 0) is 29.7 Å². The molecule has 27 heavy (non-hydrogen) atoms. The number of likely N-dealkylation sites (N-methyl/N-ethyl adjacent to an activating group) is 1. The van der Waals surface area contributed by atoms with Crippen molar-refractivity contribution < 1.29 is 14.3 Å². The van der Waals surface area contributed by atoms with Gasteiger partial charge in [0.15, 0.2) is 17.6 Å². The number of pyridine rings is 1. The molecule has 0 radical (unpaired) electrons. The minimum Gasteiger partial charge on any atom is -0.486 e. The standard InChI is InChI=1S/C21H20N2O4/c1-23(12-16-13-26-18-8-4-5-9-19(18)27-16)20(24)11-15-10-14-6-2-3-7-17(14)22-21(15)25/h2-10,16H,11-13H2,1H3,(H,22,25)/t16-/m0/s1. The van der Waals surface area contributed by atoms with Crippen LogP contribution in [0.5, 0.6) is 11.5 Å². The van der Waals surface area contributed by atoms with Crippen molar-refractivity contribution in [3.63, 3.8) is 0 Å². The molecule has 0 fully saturated rings. The molecule has 6 nitrogen and oxygen atoms in total. The molecule has 0 bridgehead atoms. The van der Waals surface area contributed by atoms with E-state index in [1.807, 2.05) is 48.5 Å². The monoisotopic (exact) mass is 364 g/mol. The van der Waals surface area contributed by atoms with Crippen LogP contribution in [0.1, 0.15) is 5.56 Å². The second kappa shape index (κ2) is 7.15. The second-order valence-electron chi connectivity index (χ2n) is 6.66. The Labute approximate surface area is 156 Å². The van der Waals surface area contributed by atoms with E-state index in [4.69, 9.17) is 9.47 Å². The number of nitrogens with zero attached hydrogens (tertiary/aromatic N) is 1. The van der Waals surface area contributed by atoms with Gasteiger partial charge in [-0.2, -0.15) is 0 Å². The van der Waals surface area contributed by atoms with Crippen molar-refractivity contribution in [3.05, 3.63) is 70.5 Å². The lowest BCUT2D eigenvalue weighted by Gasteiger charge is -2.29. The van der Waals surface area contributed by atoms with Crippen molar-refractivity contribution in [2.75, 3.05) is 20.2 Å². The molecule has 2 aromatic carbocycles. The van der Waals surface area contributed by atoms with Crippen LogP contribution in [-0.4, -0.2) is 42.1 Å². The second-order valence-corrected chi connectivity index (χ2v) is 6.66. The highest BCUT2D eigenvalue weighted by molar-refractivity contribution is 5.82. The van der Waals surface area contributed by atoms with E-state index >= 15 is 0 Å². The number of para-hydroxylation sites is 3. The van der Waals surface area contributed by atoms with Crippen molar-refractivity contribution >= 4 is 16.8 Å². The summed E-state index contributed by atoms with van der Waals surface area (Å²) in [7, 11) is 1.71. The van der Waals surface area contributed by atoms with Crippen LogP contribution >= 0.6 is 0 Å². The van der Waals surface area contributed by atoms with Crippen LogP contribution in [0.3, 0.4) is 0 Å². The molecule has 2 heterocycles. The van der Waals surface area contributed by atoms with Crippen molar-refractivity contribution in [1.29, 1.82) is 0 Å². The molecular formula is C21H20N2O4. The summed E-state index contributed by atoms with van der Waals surface area (Å²) >= 11 is 0. The van der Waals surface area contributed by atoms with Gasteiger partial charge in [0, 0.05) is 18.1 Å². The summed E-state index contributed by atoms with van der Waals surface area (Å²) < 4.78 is 11.6. The molecule has 1 aliphatic rings. The van der Waals surface area contributed by atoms with Gasteiger partial charge in [0.2, 0.25) is 5.91 Å². The summed E-state index contributed by atoms with van der Waals surface area (Å²) in [5.74, 6) is 1.25. The van der Waals surface area contributed by atoms with Crippen molar-refractivity contribution in [2.45, 2.75) is 12.5 Å². The fourth-order valence-electron chi connectivity index (χ4n) is 3.18. The smallest absolute Gasteiger partial charge is 0.252 e. The van der Waals surface area contributed by atoms with E-state index in [9.17, 15) is 9.59 Å². The zero-order valence-corrected chi connectivity index (χ0v) is 15.0. The number of fused-ring (bicyclic) bond motifs is 2. The third kappa shape index (κ3) is 3.65. The van der Waals surface area contributed by atoms with Crippen LogP contribution in [0.25, 0.3) is 10.9 Å². The Kier molecular flexibility index (Phi) is 4.54. The lowest BCUT2D eigenvalue weighted by molar-refractivity contribution is -0.130. The Bertz CT molecular complexity index is 1040. The number of benzene rings is 2. The molecule has 1 aromatic heterocycles. The first-order valence-electron chi connectivity index (χ1n) is 8.83. The van der Waals surface area contributed by atoms with Gasteiger partial charge in [-0.3, -0.25) is 9.59 Å². The van der Waals surface area contributed by atoms with Crippen LogP contribution in [0.2, 0.25) is 0 Å². The molecular weight excluding hydrogens is 344 g/mol. The van der Waals surface area contributed by atoms with Crippen molar-refractivity contribution in [1.82, 2.24) is 9.88 Å². The minimum atomic E-state index is -0.247. The van der Waals surface area contributed by atoms with E-state index in [2.05, 4.69) is 4.98 Å². The van der Waals surface area contributed by atoms with E-state index < -0.39 is 0 Å². The SMILES string of the molecule is CN(C[C@H]1COc2ccccc2O1)C(=O)Cc1cc2ccccc2[nH]c1=O. The zero-order valence-electron chi connectivity index (χ0n) is 15.0. The first kappa shape index (κ1) is 17.1. The van der Waals surface area contributed by atoms with Gasteiger partial charge < -0.3 is 19.4 Å². The zero-order chi connectivity index (χ0) is 18.8. The number of carbonyl (C=O) groups is 1. The first-order valence-corrected chi connectivity index (χ1v) is 8.83. The Balaban J connectivity index is 1.43. The van der Waals surface area contributed by atoms with Gasteiger partial charge >= 0.3 is 0 Å². The highest BCUT2D eigenvalue weighted by Gasteiger charge is 2.24. The van der Waals surface area contributed by atoms with E-state index in [1.54, 1.807) is 18.0 Å². The normalized spacial score (nSPS) is 15.5. The predicted octanol–water partition coefficient (Wildman–Crippen LogP) is 2.37. The molecule has 0 unspecified atom stereocenters. The van der Waals surface area contributed by atoms with E-state index in [0.29, 0.717) is 30.2 Å². The van der Waals surface area contributed by atoms with E-state index in [0.717, 1.165) is 10.9 Å². The van der Waals surface area contributed by atoms with Crippen LogP contribution < -0.4 is 15.0 Å². The predicted molar refractivity (Wildman–Crippen MR) is 102 cm³/mol. The fourth-order valence-corrected chi connectivity index (χ4v) is 3.18. The number of H-pyrrole nitrogens is 1. The lowest BCUT2D eigenvalue weighted by atomic mass is 10.1. The highest BCUT2D eigenvalue weighted by Crippen LogP contribution is 2.30. The maximum absolute atomic E-state index is 12.6. The Hall–Kier alpha value is -3.28. The van der Waals surface area contributed by atoms with E-state index in [-0.39, 0.29) is 24.0 Å². The molecule has 1 amide bonds. The number of ether oxygens (including phenoxy) is 2. The highest BCUT2D eigenvalue weighted by atomic mass is 16.6. The fraction of sp³-hybridized carbons (Fsp3) is 0.238. The van der Waals surface area contributed by atoms with E-state index in [1.165, 1.54) is 0 Å². The quantitative estimate of drug-likeness (QED) is 0.772. The van der Waals surface area contributed by atoms with Gasteiger partial charge in [-0.1, -0.05) is 30.3 Å². The topological polar surface area (TPSA) is 71.6 Å². The average molecular weight is 364 g/mol. The molecule has 4 rings (SSSR count). The number of hydrogen-bond donors (Lipinski definition) is 1. The van der Waals surface area contributed by atoms with Gasteiger partial charge in [-0.25, -0.2) is 0 Å². The van der Waals surface area contributed by atoms with Crippen molar-refractivity contribution in [2.24, 2.45) is 0 Å².